The van der Waals surface area contributed by atoms with Crippen molar-refractivity contribution in [2.45, 2.75) is 11.8 Å². The molecule has 90 valence electrons. The van der Waals surface area contributed by atoms with Crippen LogP contribution in [-0.2, 0) is 4.79 Å². The molecule has 0 aliphatic carbocycles. The molecule has 0 saturated carbocycles. The molecular weight excluding hydrogens is 294 g/mol. The molecule has 6 nitrogen and oxygen atoms in total. The van der Waals surface area contributed by atoms with Crippen LogP contribution in [0, 0.1) is 10.1 Å². The zero-order valence-electron chi connectivity index (χ0n) is 8.71. The maximum absolute atomic E-state index is 11.2. The number of nitro groups is 1. The van der Waals surface area contributed by atoms with Gasteiger partial charge in [0.05, 0.1) is 15.3 Å². The number of hydrogen-bond donors (Lipinski definition) is 1. The van der Waals surface area contributed by atoms with Gasteiger partial charge in [-0.2, -0.15) is 0 Å². The molecule has 0 fully saturated rings. The third kappa shape index (κ3) is 2.88. The Morgan fingerprint density at radius 2 is 2.06 bits per heavy atom. The van der Waals surface area contributed by atoms with Gasteiger partial charge in [-0.15, -0.1) is 0 Å². The van der Waals surface area contributed by atoms with Crippen LogP contribution in [0.4, 0.5) is 5.69 Å². The SMILES string of the molecule is CC(=O)C(Br)c1ccc([N+](=O)[O-])cc1C(=O)O. The number of alkyl halides is 1. The molecule has 1 aromatic rings. The predicted molar refractivity (Wildman–Crippen MR) is 62.4 cm³/mol. The van der Waals surface area contributed by atoms with Crippen LogP contribution in [0.25, 0.3) is 0 Å². The molecule has 1 aromatic carbocycles. The van der Waals surface area contributed by atoms with E-state index in [-0.39, 0.29) is 22.6 Å². The second-order valence-electron chi connectivity index (χ2n) is 3.31. The smallest absolute Gasteiger partial charge is 0.336 e. The Bertz CT molecular complexity index is 499. The van der Waals surface area contributed by atoms with Crippen molar-refractivity contribution >= 4 is 33.4 Å². The highest BCUT2D eigenvalue weighted by Crippen LogP contribution is 2.29. The van der Waals surface area contributed by atoms with Crippen LogP contribution < -0.4 is 0 Å². The number of nitrogens with zero attached hydrogens (tertiary/aromatic N) is 1. The van der Waals surface area contributed by atoms with Gasteiger partial charge < -0.3 is 5.11 Å². The van der Waals surface area contributed by atoms with E-state index in [9.17, 15) is 19.7 Å². The van der Waals surface area contributed by atoms with E-state index in [1.54, 1.807) is 0 Å². The minimum Gasteiger partial charge on any atom is -0.478 e. The Kier molecular flexibility index (Phi) is 3.95. The average Bonchev–Trinajstić information content (AvgIpc) is 2.26. The number of aromatic carboxylic acids is 1. The summed E-state index contributed by atoms with van der Waals surface area (Å²) in [6.07, 6.45) is 0. The Morgan fingerprint density at radius 3 is 2.47 bits per heavy atom. The van der Waals surface area contributed by atoms with E-state index in [2.05, 4.69) is 15.9 Å². The van der Waals surface area contributed by atoms with Crippen LogP contribution in [0.2, 0.25) is 0 Å². The van der Waals surface area contributed by atoms with Crippen LogP contribution in [0.3, 0.4) is 0 Å². The van der Waals surface area contributed by atoms with Gasteiger partial charge >= 0.3 is 5.97 Å². The van der Waals surface area contributed by atoms with Crippen molar-refractivity contribution in [2.75, 3.05) is 0 Å². The van der Waals surface area contributed by atoms with E-state index in [1.807, 2.05) is 0 Å². The number of carbonyl (C=O) groups is 2. The predicted octanol–water partition coefficient (Wildman–Crippen LogP) is 2.32. The lowest BCUT2D eigenvalue weighted by Crippen LogP contribution is -2.09. The molecule has 7 heteroatoms. The summed E-state index contributed by atoms with van der Waals surface area (Å²) in [6.45, 7) is 1.30. The van der Waals surface area contributed by atoms with Crippen molar-refractivity contribution in [1.29, 1.82) is 0 Å². The summed E-state index contributed by atoms with van der Waals surface area (Å²) in [6, 6.07) is 3.37. The van der Waals surface area contributed by atoms with Gasteiger partial charge in [-0.25, -0.2) is 4.79 Å². The average molecular weight is 302 g/mol. The zero-order chi connectivity index (χ0) is 13.2. The quantitative estimate of drug-likeness (QED) is 0.523. The molecule has 0 radical (unpaired) electrons. The van der Waals surface area contributed by atoms with Crippen molar-refractivity contribution in [3.63, 3.8) is 0 Å². The minimum atomic E-state index is -1.31. The van der Waals surface area contributed by atoms with E-state index < -0.39 is 15.7 Å². The van der Waals surface area contributed by atoms with Gasteiger partial charge in [0.1, 0.15) is 5.78 Å². The lowest BCUT2D eigenvalue weighted by atomic mass is 10.0. The van der Waals surface area contributed by atoms with Crippen molar-refractivity contribution in [3.05, 3.63) is 39.4 Å². The number of rotatable bonds is 4. The number of carboxylic acids is 1. The third-order valence-corrected chi connectivity index (χ3v) is 3.25. The normalized spacial score (nSPS) is 11.9. The molecule has 0 bridgehead atoms. The van der Waals surface area contributed by atoms with Crippen LogP contribution in [0.5, 0.6) is 0 Å². The van der Waals surface area contributed by atoms with E-state index >= 15 is 0 Å². The zero-order valence-corrected chi connectivity index (χ0v) is 10.3. The third-order valence-electron chi connectivity index (χ3n) is 2.11. The highest BCUT2D eigenvalue weighted by atomic mass is 79.9. The van der Waals surface area contributed by atoms with E-state index in [0.29, 0.717) is 0 Å². The molecule has 0 aliphatic rings. The lowest BCUT2D eigenvalue weighted by molar-refractivity contribution is -0.384. The number of hydrogen-bond acceptors (Lipinski definition) is 4. The molecule has 0 spiro atoms. The van der Waals surface area contributed by atoms with Crippen molar-refractivity contribution < 1.29 is 19.6 Å². The van der Waals surface area contributed by atoms with Gasteiger partial charge in [0, 0.05) is 12.1 Å². The van der Waals surface area contributed by atoms with Gasteiger partial charge in [-0.3, -0.25) is 14.9 Å². The molecule has 0 amide bonds. The molecule has 0 aromatic heterocycles. The summed E-state index contributed by atoms with van der Waals surface area (Å²) in [4.78, 5) is 31.2. The van der Waals surface area contributed by atoms with Crippen molar-refractivity contribution in [1.82, 2.24) is 0 Å². The summed E-state index contributed by atoms with van der Waals surface area (Å²) >= 11 is 3.05. The fourth-order valence-corrected chi connectivity index (χ4v) is 1.68. The number of carboxylic acid groups (broad SMARTS) is 1. The lowest BCUT2D eigenvalue weighted by Gasteiger charge is -2.09. The first kappa shape index (κ1) is 13.3. The van der Waals surface area contributed by atoms with Crippen LogP contribution >= 0.6 is 15.9 Å². The molecule has 0 aliphatic heterocycles. The van der Waals surface area contributed by atoms with E-state index in [4.69, 9.17) is 5.11 Å². The number of ketones is 1. The first-order chi connectivity index (χ1) is 7.84. The number of carbonyl (C=O) groups excluding carboxylic acids is 1. The minimum absolute atomic E-state index is 0.204. The monoisotopic (exact) mass is 301 g/mol. The van der Waals surface area contributed by atoms with Crippen LogP contribution in [-0.4, -0.2) is 21.8 Å². The highest BCUT2D eigenvalue weighted by molar-refractivity contribution is 9.09. The van der Waals surface area contributed by atoms with Gasteiger partial charge in [0.25, 0.3) is 5.69 Å². The molecule has 1 rings (SSSR count). The second-order valence-corrected chi connectivity index (χ2v) is 4.22. The molecule has 0 heterocycles. The molecule has 0 saturated heterocycles. The van der Waals surface area contributed by atoms with Crippen LogP contribution in [0.1, 0.15) is 27.7 Å². The van der Waals surface area contributed by atoms with Gasteiger partial charge in [0.2, 0.25) is 0 Å². The van der Waals surface area contributed by atoms with Gasteiger partial charge in [0.15, 0.2) is 0 Å². The number of non-ortho nitro benzene ring substituents is 1. The Labute approximate surface area is 105 Å². The summed E-state index contributed by atoms with van der Waals surface area (Å²) in [5.74, 6) is -1.59. The number of halogens is 1. The molecular formula is C10H8BrNO5. The maximum atomic E-state index is 11.2. The summed E-state index contributed by atoms with van der Waals surface area (Å²) in [7, 11) is 0. The molecule has 17 heavy (non-hydrogen) atoms. The first-order valence-electron chi connectivity index (χ1n) is 4.50. The Balaban J connectivity index is 3.37. The standard InChI is InChI=1S/C10H8BrNO5/c1-5(13)9(11)7-3-2-6(12(16)17)4-8(7)10(14)15/h2-4,9H,1H3,(H,14,15). The van der Waals surface area contributed by atoms with E-state index in [1.165, 1.54) is 19.1 Å². The molecule has 1 atom stereocenters. The molecule has 1 N–H and O–H groups in total. The van der Waals surface area contributed by atoms with Crippen LogP contribution in [0.15, 0.2) is 18.2 Å². The summed E-state index contributed by atoms with van der Waals surface area (Å²) < 4.78 is 0. The first-order valence-corrected chi connectivity index (χ1v) is 5.42. The number of Topliss-reactive ketones (excluding diaryl/α,β-unsaturated/α-hetero) is 1. The van der Waals surface area contributed by atoms with Crippen molar-refractivity contribution in [2.24, 2.45) is 0 Å². The summed E-state index contributed by atoms with van der Waals surface area (Å²) in [5, 5.41) is 19.5. The van der Waals surface area contributed by atoms with E-state index in [0.717, 1.165) is 6.07 Å². The number of benzene rings is 1. The summed E-state index contributed by atoms with van der Waals surface area (Å²) in [5.41, 5.74) is -0.374. The van der Waals surface area contributed by atoms with Crippen molar-refractivity contribution in [3.8, 4) is 0 Å². The topological polar surface area (TPSA) is 97.5 Å². The van der Waals surface area contributed by atoms with Gasteiger partial charge in [-0.05, 0) is 18.6 Å². The fourth-order valence-electron chi connectivity index (χ4n) is 1.28. The Hall–Kier alpha value is -1.76. The van der Waals surface area contributed by atoms with Gasteiger partial charge in [-0.1, -0.05) is 15.9 Å². The molecule has 1 unspecified atom stereocenters. The highest BCUT2D eigenvalue weighted by Gasteiger charge is 2.22. The Morgan fingerprint density at radius 1 is 1.47 bits per heavy atom. The maximum Gasteiger partial charge on any atom is 0.336 e. The number of nitro benzene ring substituents is 1. The fraction of sp³-hybridized carbons (Fsp3) is 0.200. The second kappa shape index (κ2) is 5.05. The largest absolute Gasteiger partial charge is 0.478 e.